The molecule has 9 nitrogen and oxygen atoms in total. The first-order valence-electron chi connectivity index (χ1n) is 9.66. The number of hydrogen-bond donors (Lipinski definition) is 2. The summed E-state index contributed by atoms with van der Waals surface area (Å²) in [5.74, 6) is 0.448. The molecule has 0 radical (unpaired) electrons. The number of alkyl halides is 1. The number of hydrogen-bond acceptors (Lipinski definition) is 9. The van der Waals surface area contributed by atoms with E-state index in [1.54, 1.807) is 11.9 Å². The largest absolute Gasteiger partial charge is 0.507 e. The van der Waals surface area contributed by atoms with Gasteiger partial charge in [0, 0.05) is 19.2 Å². The van der Waals surface area contributed by atoms with Gasteiger partial charge in [0.2, 0.25) is 0 Å². The zero-order valence-corrected chi connectivity index (χ0v) is 16.2. The Balaban J connectivity index is 1.42. The average Bonchev–Trinajstić information content (AvgIpc) is 2.76. The summed E-state index contributed by atoms with van der Waals surface area (Å²) in [6.45, 7) is 0.913. The first-order chi connectivity index (χ1) is 14.5. The highest BCUT2D eigenvalue weighted by molar-refractivity contribution is 5.84. The fourth-order valence-corrected chi connectivity index (χ4v) is 4.14. The lowest BCUT2D eigenvalue weighted by molar-refractivity contribution is -0.0175. The van der Waals surface area contributed by atoms with Gasteiger partial charge in [-0.15, -0.1) is 10.2 Å². The predicted octanol–water partition coefficient (Wildman–Crippen LogP) is 1.25. The summed E-state index contributed by atoms with van der Waals surface area (Å²) in [6.07, 6.45) is 2.26. The zero-order valence-electron chi connectivity index (χ0n) is 16.2. The Morgan fingerprint density at radius 1 is 1.30 bits per heavy atom. The zero-order chi connectivity index (χ0) is 20.8. The summed E-state index contributed by atoms with van der Waals surface area (Å²) in [4.78, 5) is 17.9. The number of ether oxygens (including phenoxy) is 1. The number of aromatic hydroxyl groups is 1. The molecule has 2 N–H and O–H groups in total. The van der Waals surface area contributed by atoms with Crippen molar-refractivity contribution >= 4 is 16.8 Å². The van der Waals surface area contributed by atoms with Crippen LogP contribution in [0.1, 0.15) is 6.42 Å². The minimum absolute atomic E-state index is 0.104. The van der Waals surface area contributed by atoms with Gasteiger partial charge in [-0.25, -0.2) is 9.37 Å². The van der Waals surface area contributed by atoms with Crippen LogP contribution in [0.2, 0.25) is 0 Å². The minimum Gasteiger partial charge on any atom is -0.507 e. The quantitative estimate of drug-likeness (QED) is 0.655. The number of aromatic nitrogens is 3. The van der Waals surface area contributed by atoms with Gasteiger partial charge in [0.15, 0.2) is 17.1 Å². The van der Waals surface area contributed by atoms with Crippen molar-refractivity contribution in [1.29, 1.82) is 0 Å². The van der Waals surface area contributed by atoms with E-state index in [-0.39, 0.29) is 46.1 Å². The Bertz CT molecular complexity index is 1140. The molecule has 2 aliphatic rings. The summed E-state index contributed by atoms with van der Waals surface area (Å²) >= 11 is 0. The van der Waals surface area contributed by atoms with Crippen molar-refractivity contribution in [3.05, 3.63) is 40.9 Å². The van der Waals surface area contributed by atoms with Gasteiger partial charge in [0.1, 0.15) is 17.5 Å². The number of halogens is 1. The van der Waals surface area contributed by atoms with Crippen molar-refractivity contribution in [2.45, 2.75) is 30.7 Å². The Morgan fingerprint density at radius 2 is 2.17 bits per heavy atom. The van der Waals surface area contributed by atoms with Crippen molar-refractivity contribution in [3.8, 4) is 17.1 Å². The molecule has 2 saturated heterocycles. The normalized spacial score (nSPS) is 25.9. The van der Waals surface area contributed by atoms with Gasteiger partial charge < -0.3 is 24.5 Å². The van der Waals surface area contributed by atoms with Gasteiger partial charge in [0.25, 0.3) is 0 Å². The van der Waals surface area contributed by atoms with E-state index in [2.05, 4.69) is 20.5 Å². The number of nitrogens with zero attached hydrogens (tertiary/aromatic N) is 4. The SMILES string of the molecule is CN(c1cnc(-c2cc3occc(=O)c3cc2O)nn1)[C@@H]1CC2COCC(N2)[C@@H]1F. The third-order valence-electron chi connectivity index (χ3n) is 5.77. The molecule has 2 aliphatic heterocycles. The number of phenolic OH excluding ortho intramolecular Hbond substituents is 1. The van der Waals surface area contributed by atoms with E-state index in [4.69, 9.17) is 9.15 Å². The van der Waals surface area contributed by atoms with Crippen LogP contribution in [0, 0.1) is 0 Å². The molecule has 2 fully saturated rings. The standard InChI is InChI=1S/C20H20FN5O4/c1-26(14-4-10-8-29-9-13(23-10)19(14)21)18-7-22-20(25-24-18)12-6-17-11(5-16(12)28)15(27)2-3-30-17/h2-3,5-7,10,13-14,19,23,28H,4,8-9H2,1H3/t10?,13?,14-,19+/m1/s1. The molecule has 4 atom stereocenters. The Morgan fingerprint density at radius 3 is 2.97 bits per heavy atom. The first kappa shape index (κ1) is 18.9. The van der Waals surface area contributed by atoms with Crippen molar-refractivity contribution in [2.24, 2.45) is 0 Å². The van der Waals surface area contributed by atoms with Crippen molar-refractivity contribution in [3.63, 3.8) is 0 Å². The molecule has 4 heterocycles. The maximum absolute atomic E-state index is 14.9. The van der Waals surface area contributed by atoms with Crippen LogP contribution in [0.3, 0.4) is 0 Å². The Hall–Kier alpha value is -3.11. The van der Waals surface area contributed by atoms with Gasteiger partial charge >= 0.3 is 0 Å². The molecular weight excluding hydrogens is 393 g/mol. The predicted molar refractivity (Wildman–Crippen MR) is 106 cm³/mol. The molecule has 3 aromatic rings. The van der Waals surface area contributed by atoms with Crippen LogP contribution >= 0.6 is 0 Å². The molecule has 0 spiro atoms. The summed E-state index contributed by atoms with van der Waals surface area (Å²) in [7, 11) is 1.77. The summed E-state index contributed by atoms with van der Waals surface area (Å²) in [5, 5.41) is 22.1. The molecular formula is C20H20FN5O4. The summed E-state index contributed by atoms with van der Waals surface area (Å²) < 4.78 is 25.7. The topological polar surface area (TPSA) is 114 Å². The highest BCUT2D eigenvalue weighted by Crippen LogP contribution is 2.31. The van der Waals surface area contributed by atoms with Crippen LogP contribution in [-0.2, 0) is 4.74 Å². The fourth-order valence-electron chi connectivity index (χ4n) is 4.14. The number of benzene rings is 1. The number of phenols is 1. The van der Waals surface area contributed by atoms with Crippen molar-refractivity contribution in [2.75, 3.05) is 25.2 Å². The molecule has 156 valence electrons. The van der Waals surface area contributed by atoms with Crippen molar-refractivity contribution < 1.29 is 18.7 Å². The van der Waals surface area contributed by atoms with E-state index >= 15 is 0 Å². The molecule has 2 aromatic heterocycles. The first-order valence-corrected chi connectivity index (χ1v) is 9.66. The summed E-state index contributed by atoms with van der Waals surface area (Å²) in [5.41, 5.74) is 0.339. The van der Waals surface area contributed by atoms with Gasteiger partial charge in [-0.2, -0.15) is 0 Å². The van der Waals surface area contributed by atoms with Gasteiger partial charge in [-0.05, 0) is 18.6 Å². The van der Waals surface area contributed by atoms with E-state index in [1.165, 1.54) is 30.7 Å². The lowest BCUT2D eigenvalue weighted by atomic mass is 9.90. The number of nitrogens with one attached hydrogen (secondary N) is 1. The lowest BCUT2D eigenvalue weighted by Crippen LogP contribution is -2.65. The lowest BCUT2D eigenvalue weighted by Gasteiger charge is -2.45. The van der Waals surface area contributed by atoms with Crippen LogP contribution in [-0.4, -0.2) is 64.8 Å². The number of fused-ring (bicyclic) bond motifs is 3. The molecule has 2 unspecified atom stereocenters. The highest BCUT2D eigenvalue weighted by atomic mass is 19.1. The molecule has 0 saturated carbocycles. The highest BCUT2D eigenvalue weighted by Gasteiger charge is 2.42. The van der Waals surface area contributed by atoms with Gasteiger partial charge in [-0.1, -0.05) is 0 Å². The molecule has 2 bridgehead atoms. The second-order valence-corrected chi connectivity index (χ2v) is 7.66. The number of morpholine rings is 1. The summed E-state index contributed by atoms with van der Waals surface area (Å²) in [6, 6.07) is 3.50. The van der Waals surface area contributed by atoms with E-state index in [0.717, 1.165) is 0 Å². The van der Waals surface area contributed by atoms with E-state index in [0.29, 0.717) is 31.0 Å². The fraction of sp³-hybridized carbons (Fsp3) is 0.400. The van der Waals surface area contributed by atoms with E-state index in [9.17, 15) is 14.3 Å². The molecule has 1 aromatic carbocycles. The second kappa shape index (κ2) is 7.29. The van der Waals surface area contributed by atoms with Crippen LogP contribution in [0.5, 0.6) is 5.75 Å². The molecule has 0 amide bonds. The third-order valence-corrected chi connectivity index (χ3v) is 5.77. The van der Waals surface area contributed by atoms with E-state index in [1.807, 2.05) is 0 Å². The number of anilines is 1. The molecule has 30 heavy (non-hydrogen) atoms. The Kier molecular flexibility index (Phi) is 4.59. The van der Waals surface area contributed by atoms with Crippen LogP contribution < -0.4 is 15.6 Å². The van der Waals surface area contributed by atoms with Gasteiger partial charge in [0.05, 0.1) is 48.7 Å². The maximum Gasteiger partial charge on any atom is 0.192 e. The Labute approximate surface area is 170 Å². The number of rotatable bonds is 3. The van der Waals surface area contributed by atoms with Gasteiger partial charge in [-0.3, -0.25) is 4.79 Å². The van der Waals surface area contributed by atoms with Crippen LogP contribution in [0.25, 0.3) is 22.4 Å². The van der Waals surface area contributed by atoms with Crippen LogP contribution in [0.4, 0.5) is 10.2 Å². The third kappa shape index (κ3) is 3.17. The number of piperidine rings is 1. The molecule has 10 heteroatoms. The van der Waals surface area contributed by atoms with E-state index < -0.39 is 6.17 Å². The molecule has 0 aliphatic carbocycles. The second-order valence-electron chi connectivity index (χ2n) is 7.66. The molecule has 5 rings (SSSR count). The average molecular weight is 413 g/mol. The van der Waals surface area contributed by atoms with Crippen LogP contribution in [0.15, 0.2) is 39.9 Å². The smallest absolute Gasteiger partial charge is 0.192 e. The maximum atomic E-state index is 14.9. The monoisotopic (exact) mass is 413 g/mol. The van der Waals surface area contributed by atoms with Crippen molar-refractivity contribution in [1.82, 2.24) is 20.5 Å². The minimum atomic E-state index is -1.11.